The average molecular weight is 122 g/mol. The van der Waals surface area contributed by atoms with Crippen LogP contribution in [0.25, 0.3) is 0 Å². The molecule has 0 saturated heterocycles. The molecule has 46 valence electrons. The van der Waals surface area contributed by atoms with Crippen molar-refractivity contribution in [1.29, 1.82) is 0 Å². The summed E-state index contributed by atoms with van der Waals surface area (Å²) in [5.74, 6) is 0.560. The van der Waals surface area contributed by atoms with Crippen LogP contribution in [0.4, 0.5) is 0 Å². The number of hydrogen-bond acceptors (Lipinski definition) is 2. The van der Waals surface area contributed by atoms with Crippen molar-refractivity contribution >= 4 is 5.97 Å². The van der Waals surface area contributed by atoms with Gasteiger partial charge in [0, 0.05) is 6.08 Å². The lowest BCUT2D eigenvalue weighted by Gasteiger charge is -1.90. The summed E-state index contributed by atoms with van der Waals surface area (Å²) in [7, 11) is 0. The second-order valence-corrected chi connectivity index (χ2v) is 2.22. The number of carbonyl (C=O) groups excluding carboxylic acids is 1. The highest BCUT2D eigenvalue weighted by atomic mass is 16.5. The molecule has 2 nitrogen and oxygen atoms in total. The summed E-state index contributed by atoms with van der Waals surface area (Å²) in [6.07, 6.45) is 5.41. The van der Waals surface area contributed by atoms with E-state index in [1.807, 2.05) is 0 Å². The van der Waals surface area contributed by atoms with Crippen molar-refractivity contribution in [3.05, 3.63) is 23.5 Å². The summed E-state index contributed by atoms with van der Waals surface area (Å²) >= 11 is 0. The number of rotatable bonds is 0. The highest BCUT2D eigenvalue weighted by Gasteiger charge is 2.21. The molecule has 2 aliphatic rings. The van der Waals surface area contributed by atoms with E-state index in [0.29, 0.717) is 0 Å². The van der Waals surface area contributed by atoms with Crippen LogP contribution >= 0.6 is 0 Å². The van der Waals surface area contributed by atoms with Crippen LogP contribution in [0.3, 0.4) is 0 Å². The lowest BCUT2D eigenvalue weighted by Crippen LogP contribution is -1.89. The zero-order chi connectivity index (χ0) is 6.27. The van der Waals surface area contributed by atoms with Gasteiger partial charge in [-0.15, -0.1) is 0 Å². The van der Waals surface area contributed by atoms with Gasteiger partial charge in [0.25, 0.3) is 0 Å². The van der Waals surface area contributed by atoms with Crippen molar-refractivity contribution in [2.75, 3.05) is 0 Å². The van der Waals surface area contributed by atoms with Crippen molar-refractivity contribution in [3.63, 3.8) is 0 Å². The predicted molar refractivity (Wildman–Crippen MR) is 31.5 cm³/mol. The normalized spacial score (nSPS) is 22.9. The van der Waals surface area contributed by atoms with Gasteiger partial charge in [0.2, 0.25) is 0 Å². The number of ether oxygens (including phenoxy) is 1. The molecule has 0 bridgehead atoms. The van der Waals surface area contributed by atoms with E-state index in [9.17, 15) is 4.79 Å². The first-order valence-corrected chi connectivity index (χ1v) is 2.98. The Hall–Kier alpha value is -1.05. The molecule has 9 heavy (non-hydrogen) atoms. The topological polar surface area (TPSA) is 26.3 Å². The van der Waals surface area contributed by atoms with Crippen molar-refractivity contribution < 1.29 is 9.53 Å². The van der Waals surface area contributed by atoms with Crippen LogP contribution in [0.1, 0.15) is 12.8 Å². The van der Waals surface area contributed by atoms with Gasteiger partial charge in [-0.25, -0.2) is 4.79 Å². The van der Waals surface area contributed by atoms with Crippen LogP contribution in [0.5, 0.6) is 0 Å². The molecule has 0 aromatic rings. The molecule has 0 atom stereocenters. The quantitative estimate of drug-likeness (QED) is 0.450. The van der Waals surface area contributed by atoms with E-state index in [2.05, 4.69) is 0 Å². The summed E-state index contributed by atoms with van der Waals surface area (Å²) in [6.45, 7) is 0. The van der Waals surface area contributed by atoms with E-state index in [1.165, 1.54) is 11.6 Å². The summed E-state index contributed by atoms with van der Waals surface area (Å²) in [4.78, 5) is 10.4. The Balaban J connectivity index is 2.28. The molecule has 0 aromatic carbocycles. The second-order valence-electron chi connectivity index (χ2n) is 2.22. The van der Waals surface area contributed by atoms with Gasteiger partial charge in [-0.05, 0) is 24.5 Å². The minimum Gasteiger partial charge on any atom is -0.423 e. The third-order valence-electron chi connectivity index (χ3n) is 1.43. The summed E-state index contributed by atoms with van der Waals surface area (Å²) in [5, 5.41) is 0. The van der Waals surface area contributed by atoms with Gasteiger partial charge >= 0.3 is 5.97 Å². The molecule has 1 aliphatic heterocycles. The van der Waals surface area contributed by atoms with E-state index in [1.54, 1.807) is 6.08 Å². The number of hydrogen-bond donors (Lipinski definition) is 0. The molecule has 0 unspecified atom stereocenters. The Kier molecular flexibility index (Phi) is 0.781. The van der Waals surface area contributed by atoms with E-state index < -0.39 is 0 Å². The van der Waals surface area contributed by atoms with Crippen LogP contribution in [0.15, 0.2) is 23.5 Å². The van der Waals surface area contributed by atoms with E-state index in [0.717, 1.165) is 18.6 Å². The molecule has 2 rings (SSSR count). The first-order chi connectivity index (χ1) is 4.36. The SMILES string of the molecule is O=C1C=CC(=C2CC2)O1. The van der Waals surface area contributed by atoms with E-state index in [4.69, 9.17) is 4.74 Å². The molecule has 2 heteroatoms. The van der Waals surface area contributed by atoms with Crippen LogP contribution in [0, 0.1) is 0 Å². The van der Waals surface area contributed by atoms with Gasteiger partial charge < -0.3 is 4.74 Å². The summed E-state index contributed by atoms with van der Waals surface area (Å²) in [6, 6.07) is 0. The number of esters is 1. The standard InChI is InChI=1S/C7H6O2/c8-7-4-3-6(9-7)5-1-2-5/h3-4H,1-2H2. The molecular weight excluding hydrogens is 116 g/mol. The van der Waals surface area contributed by atoms with Crippen molar-refractivity contribution in [3.8, 4) is 0 Å². The smallest absolute Gasteiger partial charge is 0.336 e. The molecule has 1 fully saturated rings. The largest absolute Gasteiger partial charge is 0.423 e. The van der Waals surface area contributed by atoms with Crippen LogP contribution in [0.2, 0.25) is 0 Å². The third-order valence-corrected chi connectivity index (χ3v) is 1.43. The highest BCUT2D eigenvalue weighted by Crippen LogP contribution is 2.34. The average Bonchev–Trinajstić information content (AvgIpc) is 2.58. The Morgan fingerprint density at radius 2 is 2.11 bits per heavy atom. The predicted octanol–water partition coefficient (Wildman–Crippen LogP) is 1.15. The maximum Gasteiger partial charge on any atom is 0.336 e. The Morgan fingerprint density at radius 3 is 2.56 bits per heavy atom. The highest BCUT2D eigenvalue weighted by molar-refractivity contribution is 5.86. The minimum absolute atomic E-state index is 0.232. The van der Waals surface area contributed by atoms with Gasteiger partial charge in [-0.1, -0.05) is 0 Å². The molecule has 1 heterocycles. The van der Waals surface area contributed by atoms with E-state index >= 15 is 0 Å². The van der Waals surface area contributed by atoms with E-state index in [-0.39, 0.29) is 5.97 Å². The number of allylic oxidation sites excluding steroid dienone is 2. The van der Waals surface area contributed by atoms with Gasteiger partial charge in [0.15, 0.2) is 0 Å². The van der Waals surface area contributed by atoms with Crippen molar-refractivity contribution in [2.24, 2.45) is 0 Å². The molecule has 0 amide bonds. The van der Waals surface area contributed by atoms with Gasteiger partial charge in [0.1, 0.15) is 5.76 Å². The number of carbonyl (C=O) groups is 1. The van der Waals surface area contributed by atoms with Crippen LogP contribution in [-0.4, -0.2) is 5.97 Å². The zero-order valence-electron chi connectivity index (χ0n) is 4.89. The number of cyclic esters (lactones) is 1. The van der Waals surface area contributed by atoms with Crippen molar-refractivity contribution in [2.45, 2.75) is 12.8 Å². The molecule has 1 saturated carbocycles. The molecule has 0 aromatic heterocycles. The van der Waals surface area contributed by atoms with Crippen LogP contribution < -0.4 is 0 Å². The minimum atomic E-state index is -0.232. The summed E-state index contributed by atoms with van der Waals surface area (Å²) < 4.78 is 4.81. The lowest BCUT2D eigenvalue weighted by molar-refractivity contribution is -0.132. The van der Waals surface area contributed by atoms with Gasteiger partial charge in [-0.3, -0.25) is 0 Å². The maximum absolute atomic E-state index is 10.4. The molecule has 0 N–H and O–H groups in total. The zero-order valence-corrected chi connectivity index (χ0v) is 4.89. The molecule has 0 radical (unpaired) electrons. The lowest BCUT2D eigenvalue weighted by atomic mass is 10.4. The fraction of sp³-hybridized carbons (Fsp3) is 0.286. The Morgan fingerprint density at radius 1 is 1.33 bits per heavy atom. The van der Waals surface area contributed by atoms with Crippen molar-refractivity contribution in [1.82, 2.24) is 0 Å². The first-order valence-electron chi connectivity index (χ1n) is 2.98. The second kappa shape index (κ2) is 1.47. The van der Waals surface area contributed by atoms with Gasteiger partial charge in [0.05, 0.1) is 0 Å². The summed E-state index contributed by atoms with van der Waals surface area (Å²) in [5.41, 5.74) is 1.28. The molecular formula is C7H6O2. The van der Waals surface area contributed by atoms with Gasteiger partial charge in [-0.2, -0.15) is 0 Å². The Labute approximate surface area is 52.8 Å². The first kappa shape index (κ1) is 4.79. The molecule has 1 aliphatic carbocycles. The maximum atomic E-state index is 10.4. The third kappa shape index (κ3) is 0.762. The monoisotopic (exact) mass is 122 g/mol. The fourth-order valence-electron chi connectivity index (χ4n) is 0.819. The fourth-order valence-corrected chi connectivity index (χ4v) is 0.819. The molecule has 0 spiro atoms. The Bertz CT molecular complexity index is 217. The van der Waals surface area contributed by atoms with Crippen LogP contribution in [-0.2, 0) is 9.53 Å².